The summed E-state index contributed by atoms with van der Waals surface area (Å²) in [4.78, 5) is 29.6. The number of amides is 1. The summed E-state index contributed by atoms with van der Waals surface area (Å²) >= 11 is 1.45. The first kappa shape index (κ1) is 26.8. The molecule has 40 heavy (non-hydrogen) atoms. The quantitative estimate of drug-likeness (QED) is 0.365. The molecule has 7 nitrogen and oxygen atoms in total. The summed E-state index contributed by atoms with van der Waals surface area (Å²) in [7, 11) is 0. The maximum Gasteiger partial charge on any atom is 0.278 e. The Hall–Kier alpha value is -3.37. The molecular formula is C30H31F2N3O4S. The first-order valence-corrected chi connectivity index (χ1v) is 14.7. The number of aromatic nitrogens is 1. The van der Waals surface area contributed by atoms with Crippen molar-refractivity contribution >= 4 is 17.7 Å². The number of benzene rings is 2. The number of morpholine rings is 1. The summed E-state index contributed by atoms with van der Waals surface area (Å²) in [6, 6.07) is 11.3. The number of carbonyl (C=O) groups is 1. The smallest absolute Gasteiger partial charge is 0.278 e. The monoisotopic (exact) mass is 567 g/mol. The van der Waals surface area contributed by atoms with Gasteiger partial charge in [-0.25, -0.2) is 8.78 Å². The van der Waals surface area contributed by atoms with E-state index >= 15 is 4.39 Å². The van der Waals surface area contributed by atoms with Gasteiger partial charge in [0.15, 0.2) is 23.1 Å². The molecule has 0 aliphatic carbocycles. The van der Waals surface area contributed by atoms with Crippen molar-refractivity contribution < 1.29 is 23.0 Å². The van der Waals surface area contributed by atoms with E-state index in [0.717, 1.165) is 42.2 Å². The second kappa shape index (κ2) is 11.2. The van der Waals surface area contributed by atoms with E-state index in [9.17, 15) is 14.0 Å². The van der Waals surface area contributed by atoms with Crippen molar-refractivity contribution in [3.63, 3.8) is 0 Å². The molecule has 2 unspecified atom stereocenters. The Morgan fingerprint density at radius 1 is 1.05 bits per heavy atom. The Morgan fingerprint density at radius 2 is 1.90 bits per heavy atom. The van der Waals surface area contributed by atoms with Crippen molar-refractivity contribution in [2.75, 3.05) is 31.4 Å². The van der Waals surface area contributed by atoms with Gasteiger partial charge in [-0.05, 0) is 29.7 Å². The van der Waals surface area contributed by atoms with Crippen LogP contribution in [0.3, 0.4) is 0 Å². The van der Waals surface area contributed by atoms with Gasteiger partial charge in [-0.2, -0.15) is 0 Å². The van der Waals surface area contributed by atoms with Gasteiger partial charge in [0.25, 0.3) is 5.91 Å². The zero-order valence-corrected chi connectivity index (χ0v) is 23.1. The minimum Gasteiger partial charge on any atom is -0.487 e. The number of carbonyl (C=O) groups excluding carboxylic acids is 1. The van der Waals surface area contributed by atoms with E-state index in [1.54, 1.807) is 21.8 Å². The van der Waals surface area contributed by atoms with Crippen LogP contribution in [0.2, 0.25) is 0 Å². The van der Waals surface area contributed by atoms with E-state index in [0.29, 0.717) is 25.3 Å². The van der Waals surface area contributed by atoms with Crippen molar-refractivity contribution in [3.05, 3.63) is 92.9 Å². The highest BCUT2D eigenvalue weighted by Gasteiger charge is 2.46. The molecule has 3 aromatic rings. The van der Waals surface area contributed by atoms with Crippen LogP contribution in [0.4, 0.5) is 8.78 Å². The Bertz CT molecular complexity index is 1500. The first-order valence-electron chi connectivity index (χ1n) is 13.8. The van der Waals surface area contributed by atoms with Gasteiger partial charge in [0.1, 0.15) is 6.17 Å². The molecule has 2 aromatic carbocycles. The molecule has 10 heteroatoms. The van der Waals surface area contributed by atoms with E-state index in [-0.39, 0.29) is 40.7 Å². The van der Waals surface area contributed by atoms with Gasteiger partial charge in [-0.1, -0.05) is 50.5 Å². The van der Waals surface area contributed by atoms with Gasteiger partial charge in [-0.3, -0.25) is 19.3 Å². The second-order valence-electron chi connectivity index (χ2n) is 10.2. The topological polar surface area (TPSA) is 64.0 Å². The molecule has 0 radical (unpaired) electrons. The molecule has 4 heterocycles. The van der Waals surface area contributed by atoms with Crippen LogP contribution in [0.1, 0.15) is 65.8 Å². The number of ether oxygens (including phenoxy) is 2. The lowest BCUT2D eigenvalue weighted by Gasteiger charge is -2.51. The van der Waals surface area contributed by atoms with Crippen molar-refractivity contribution in [1.29, 1.82) is 0 Å². The highest BCUT2D eigenvalue weighted by Crippen LogP contribution is 2.45. The van der Waals surface area contributed by atoms with Gasteiger partial charge in [0.05, 0.1) is 25.9 Å². The van der Waals surface area contributed by atoms with Crippen molar-refractivity contribution in [3.8, 4) is 5.75 Å². The molecule has 1 fully saturated rings. The Labute approximate surface area is 235 Å². The largest absolute Gasteiger partial charge is 0.487 e. The fourth-order valence-corrected chi connectivity index (χ4v) is 6.93. The normalized spacial score (nSPS) is 19.8. The van der Waals surface area contributed by atoms with E-state index in [4.69, 9.17) is 9.47 Å². The molecule has 6 rings (SSSR count). The minimum absolute atomic E-state index is 0.0146. The van der Waals surface area contributed by atoms with E-state index < -0.39 is 23.8 Å². The molecule has 3 aliphatic heterocycles. The molecule has 1 aromatic heterocycles. The minimum atomic E-state index is -0.900. The zero-order valence-electron chi connectivity index (χ0n) is 22.3. The molecule has 0 bridgehead atoms. The highest BCUT2D eigenvalue weighted by atomic mass is 32.2. The number of nitrogens with zero attached hydrogens (tertiary/aromatic N) is 3. The first-order chi connectivity index (χ1) is 19.5. The molecule has 0 spiro atoms. The third-order valence-corrected chi connectivity index (χ3v) is 8.89. The number of hydrogen-bond acceptors (Lipinski definition) is 6. The van der Waals surface area contributed by atoms with Crippen molar-refractivity contribution in [1.82, 2.24) is 9.58 Å². The third kappa shape index (κ3) is 4.56. The predicted octanol–water partition coefficient (Wildman–Crippen LogP) is 5.23. The second-order valence-corrected chi connectivity index (χ2v) is 11.2. The maximum absolute atomic E-state index is 15.3. The van der Waals surface area contributed by atoms with Gasteiger partial charge in [-0.15, -0.1) is 11.8 Å². The molecule has 0 saturated carbocycles. The van der Waals surface area contributed by atoms with E-state index in [2.05, 4.69) is 6.92 Å². The van der Waals surface area contributed by atoms with Crippen LogP contribution in [-0.4, -0.2) is 48.0 Å². The Kier molecular flexibility index (Phi) is 7.55. The molecular weight excluding hydrogens is 536 g/mol. The fourth-order valence-electron chi connectivity index (χ4n) is 5.81. The van der Waals surface area contributed by atoms with Gasteiger partial charge >= 0.3 is 0 Å². The Morgan fingerprint density at radius 3 is 2.75 bits per heavy atom. The maximum atomic E-state index is 15.3. The van der Waals surface area contributed by atoms with Crippen LogP contribution in [0.5, 0.6) is 5.75 Å². The predicted molar refractivity (Wildman–Crippen MR) is 148 cm³/mol. The van der Waals surface area contributed by atoms with Crippen LogP contribution >= 0.6 is 11.8 Å². The lowest BCUT2D eigenvalue weighted by molar-refractivity contribution is -0.0198. The van der Waals surface area contributed by atoms with Crippen molar-refractivity contribution in [2.45, 2.75) is 55.5 Å². The summed E-state index contributed by atoms with van der Waals surface area (Å²) in [6.07, 6.45) is 4.90. The number of thioether (sulfide) groups is 1. The molecule has 1 saturated heterocycles. The summed E-state index contributed by atoms with van der Waals surface area (Å²) in [5.74, 6) is -1.81. The van der Waals surface area contributed by atoms with Gasteiger partial charge in [0.2, 0.25) is 5.43 Å². The van der Waals surface area contributed by atoms with Crippen molar-refractivity contribution in [2.24, 2.45) is 0 Å². The summed E-state index contributed by atoms with van der Waals surface area (Å²) < 4.78 is 43.3. The number of pyridine rings is 1. The Balaban J connectivity index is 1.55. The zero-order chi connectivity index (χ0) is 27.8. The van der Waals surface area contributed by atoms with Crippen LogP contribution < -0.4 is 15.2 Å². The van der Waals surface area contributed by atoms with Crippen LogP contribution in [0.25, 0.3) is 0 Å². The van der Waals surface area contributed by atoms with E-state index in [1.165, 1.54) is 17.8 Å². The average Bonchev–Trinajstić information content (AvgIpc) is 3.13. The molecule has 210 valence electrons. The lowest BCUT2D eigenvalue weighted by Crippen LogP contribution is -2.66. The summed E-state index contributed by atoms with van der Waals surface area (Å²) in [6.45, 7) is 3.34. The summed E-state index contributed by atoms with van der Waals surface area (Å²) in [5.41, 5.74) is 1.54. The summed E-state index contributed by atoms with van der Waals surface area (Å²) in [5, 5.41) is 1.96. The fraction of sp³-hybridized carbons (Fsp3) is 0.400. The molecule has 3 aliphatic rings. The number of rotatable bonds is 7. The van der Waals surface area contributed by atoms with Crippen LogP contribution in [-0.2, 0) is 10.5 Å². The number of halogens is 2. The lowest BCUT2D eigenvalue weighted by atomic mass is 9.93. The molecule has 1 amide bonds. The SMILES string of the molecule is CCCCCCOc1c2n(ccc1=O)N(C1c3ccccc3SCc3c1ccc(F)c3F)C1COCCN1C2=O. The van der Waals surface area contributed by atoms with Gasteiger partial charge in [0, 0.05) is 35.0 Å². The number of fused-ring (bicyclic) bond motifs is 4. The van der Waals surface area contributed by atoms with Gasteiger partial charge < -0.3 is 14.4 Å². The number of unbranched alkanes of at least 4 members (excludes halogenated alkanes) is 3. The number of hydrogen-bond donors (Lipinski definition) is 0. The van der Waals surface area contributed by atoms with Crippen LogP contribution in [0, 0.1) is 11.6 Å². The average molecular weight is 568 g/mol. The molecule has 2 atom stereocenters. The van der Waals surface area contributed by atoms with Crippen LogP contribution in [0.15, 0.2) is 58.4 Å². The standard InChI is InChI=1S/C30H31F2N3O4S/c1-2-3-4-7-15-39-29-23(36)12-13-34-28(29)30(37)33-14-16-38-17-25(33)35(34)27-19-10-11-22(31)26(32)21(19)18-40-24-9-6-5-8-20(24)27/h5-6,8-13,25,27H,2-4,7,14-18H2,1H3. The highest BCUT2D eigenvalue weighted by molar-refractivity contribution is 7.98. The third-order valence-electron chi connectivity index (χ3n) is 7.78. The van der Waals surface area contributed by atoms with E-state index in [1.807, 2.05) is 29.3 Å². The molecule has 0 N–H and O–H groups in total.